The molecule has 0 spiro atoms. The van der Waals surface area contributed by atoms with E-state index in [1.165, 1.54) is 30.1 Å². The Morgan fingerprint density at radius 1 is 1.04 bits per heavy atom. The maximum atomic E-state index is 13.5. The van der Waals surface area contributed by atoms with Gasteiger partial charge in [-0.1, -0.05) is 18.2 Å². The van der Waals surface area contributed by atoms with E-state index in [1.807, 2.05) is 0 Å². The van der Waals surface area contributed by atoms with Gasteiger partial charge in [0.25, 0.3) is 5.91 Å². The summed E-state index contributed by atoms with van der Waals surface area (Å²) < 4.78 is 31.2. The Bertz CT molecular complexity index is 701. The fourth-order valence-corrected chi connectivity index (χ4v) is 1.88. The van der Waals surface area contributed by atoms with Gasteiger partial charge >= 0.3 is 5.97 Å². The Labute approximate surface area is 132 Å². The zero-order chi connectivity index (χ0) is 16.8. The number of carbonyl (C=O) groups is 2. The molecular formula is C17H15F2NO3. The smallest absolute Gasteiger partial charge is 0.338 e. The van der Waals surface area contributed by atoms with E-state index in [2.05, 4.69) is 0 Å². The van der Waals surface area contributed by atoms with Crippen LogP contribution in [0.15, 0.2) is 48.5 Å². The molecular weight excluding hydrogens is 304 g/mol. The van der Waals surface area contributed by atoms with Gasteiger partial charge in [0.2, 0.25) is 0 Å². The van der Waals surface area contributed by atoms with E-state index in [4.69, 9.17) is 4.74 Å². The summed E-state index contributed by atoms with van der Waals surface area (Å²) in [5.74, 6) is -2.07. The number of esters is 1. The minimum atomic E-state index is -0.724. The van der Waals surface area contributed by atoms with Gasteiger partial charge in [0.15, 0.2) is 6.61 Å². The summed E-state index contributed by atoms with van der Waals surface area (Å²) in [5.41, 5.74) is 0.518. The fourth-order valence-electron chi connectivity index (χ4n) is 1.88. The monoisotopic (exact) mass is 319 g/mol. The van der Waals surface area contributed by atoms with Gasteiger partial charge in [0, 0.05) is 19.2 Å². The van der Waals surface area contributed by atoms with Crippen molar-refractivity contribution in [3.05, 3.63) is 71.3 Å². The number of amides is 1. The lowest BCUT2D eigenvalue weighted by Crippen LogP contribution is -2.31. The second kappa shape index (κ2) is 7.49. The van der Waals surface area contributed by atoms with Gasteiger partial charge in [-0.25, -0.2) is 13.6 Å². The van der Waals surface area contributed by atoms with Crippen molar-refractivity contribution in [1.29, 1.82) is 0 Å². The number of carbonyl (C=O) groups excluding carboxylic acids is 2. The molecule has 4 nitrogen and oxygen atoms in total. The number of hydrogen-bond acceptors (Lipinski definition) is 3. The van der Waals surface area contributed by atoms with Gasteiger partial charge in [0.05, 0.1) is 5.56 Å². The third-order valence-corrected chi connectivity index (χ3v) is 3.20. The van der Waals surface area contributed by atoms with Crippen LogP contribution in [0.25, 0.3) is 0 Å². The Hall–Kier alpha value is -2.76. The van der Waals surface area contributed by atoms with Crippen LogP contribution >= 0.6 is 0 Å². The van der Waals surface area contributed by atoms with Crippen LogP contribution in [0.3, 0.4) is 0 Å². The van der Waals surface area contributed by atoms with Crippen LogP contribution in [-0.2, 0) is 16.1 Å². The lowest BCUT2D eigenvalue weighted by atomic mass is 10.2. The first kappa shape index (κ1) is 16.6. The zero-order valence-electron chi connectivity index (χ0n) is 12.5. The molecule has 0 radical (unpaired) electrons. The quantitative estimate of drug-likeness (QED) is 0.796. The zero-order valence-corrected chi connectivity index (χ0v) is 12.5. The molecule has 0 fully saturated rings. The SMILES string of the molecule is CN(Cc1ccccc1F)C(=O)COC(=O)c1ccc(F)cc1. The number of likely N-dealkylation sites (N-methyl/N-ethyl adjacent to an activating group) is 1. The number of nitrogens with zero attached hydrogens (tertiary/aromatic N) is 1. The molecule has 2 rings (SSSR count). The van der Waals surface area contributed by atoms with Crippen LogP contribution in [0, 0.1) is 11.6 Å². The van der Waals surface area contributed by atoms with Gasteiger partial charge < -0.3 is 9.64 Å². The van der Waals surface area contributed by atoms with Crippen molar-refractivity contribution in [3.8, 4) is 0 Å². The highest BCUT2D eigenvalue weighted by atomic mass is 19.1. The topological polar surface area (TPSA) is 46.6 Å². The lowest BCUT2D eigenvalue weighted by Gasteiger charge is -2.17. The molecule has 0 saturated heterocycles. The van der Waals surface area contributed by atoms with E-state index < -0.39 is 30.1 Å². The van der Waals surface area contributed by atoms with Gasteiger partial charge in [-0.15, -0.1) is 0 Å². The number of ether oxygens (including phenoxy) is 1. The average molecular weight is 319 g/mol. The number of rotatable bonds is 5. The minimum Gasteiger partial charge on any atom is -0.452 e. The van der Waals surface area contributed by atoms with Gasteiger partial charge in [-0.2, -0.15) is 0 Å². The van der Waals surface area contributed by atoms with Gasteiger partial charge in [0.1, 0.15) is 11.6 Å². The van der Waals surface area contributed by atoms with E-state index in [1.54, 1.807) is 18.2 Å². The average Bonchev–Trinajstić information content (AvgIpc) is 2.55. The number of benzene rings is 2. The molecule has 0 aromatic heterocycles. The summed E-state index contributed by atoms with van der Waals surface area (Å²) in [6.07, 6.45) is 0. The molecule has 0 bridgehead atoms. The standard InChI is InChI=1S/C17H15F2NO3/c1-20(10-13-4-2-3-5-15(13)19)16(21)11-23-17(22)12-6-8-14(18)9-7-12/h2-9H,10-11H2,1H3. The third-order valence-electron chi connectivity index (χ3n) is 3.20. The first-order chi connectivity index (χ1) is 11.0. The highest BCUT2D eigenvalue weighted by molar-refractivity contribution is 5.91. The minimum absolute atomic E-state index is 0.0691. The fraction of sp³-hybridized carbons (Fsp3) is 0.176. The Morgan fingerprint density at radius 2 is 1.70 bits per heavy atom. The highest BCUT2D eigenvalue weighted by Gasteiger charge is 2.15. The molecule has 0 aliphatic rings. The van der Waals surface area contributed by atoms with E-state index in [0.29, 0.717) is 5.56 Å². The van der Waals surface area contributed by atoms with Crippen LogP contribution in [-0.4, -0.2) is 30.4 Å². The maximum Gasteiger partial charge on any atom is 0.338 e. The summed E-state index contributed by atoms with van der Waals surface area (Å²) >= 11 is 0. The van der Waals surface area contributed by atoms with Crippen molar-refractivity contribution in [1.82, 2.24) is 4.90 Å². The molecule has 23 heavy (non-hydrogen) atoms. The maximum absolute atomic E-state index is 13.5. The molecule has 0 aliphatic carbocycles. The van der Waals surface area contributed by atoms with Crippen molar-refractivity contribution in [2.24, 2.45) is 0 Å². The lowest BCUT2D eigenvalue weighted by molar-refractivity contribution is -0.133. The molecule has 1 amide bonds. The van der Waals surface area contributed by atoms with Crippen LogP contribution in [0.2, 0.25) is 0 Å². The first-order valence-electron chi connectivity index (χ1n) is 6.87. The largest absolute Gasteiger partial charge is 0.452 e. The molecule has 0 saturated carbocycles. The summed E-state index contributed by atoms with van der Waals surface area (Å²) in [6, 6.07) is 10.9. The van der Waals surface area contributed by atoms with Crippen LogP contribution in [0.1, 0.15) is 15.9 Å². The first-order valence-corrected chi connectivity index (χ1v) is 6.87. The van der Waals surface area contributed by atoms with E-state index in [-0.39, 0.29) is 12.1 Å². The van der Waals surface area contributed by atoms with Crippen molar-refractivity contribution < 1.29 is 23.1 Å². The van der Waals surface area contributed by atoms with E-state index >= 15 is 0 Å². The number of halogens is 2. The Balaban J connectivity index is 1.87. The van der Waals surface area contributed by atoms with E-state index in [9.17, 15) is 18.4 Å². The summed E-state index contributed by atoms with van der Waals surface area (Å²) in [6.45, 7) is -0.402. The van der Waals surface area contributed by atoms with Crippen molar-refractivity contribution in [3.63, 3.8) is 0 Å². The molecule has 0 aliphatic heterocycles. The number of hydrogen-bond donors (Lipinski definition) is 0. The van der Waals surface area contributed by atoms with Crippen LogP contribution in [0.5, 0.6) is 0 Å². The molecule has 0 heterocycles. The summed E-state index contributed by atoms with van der Waals surface area (Å²) in [5, 5.41) is 0. The molecule has 6 heteroatoms. The highest BCUT2D eigenvalue weighted by Crippen LogP contribution is 2.09. The van der Waals surface area contributed by atoms with Gasteiger partial charge in [-0.3, -0.25) is 4.79 Å². The molecule has 2 aromatic carbocycles. The molecule has 2 aromatic rings. The van der Waals surface area contributed by atoms with Crippen LogP contribution in [0.4, 0.5) is 8.78 Å². The third kappa shape index (κ3) is 4.60. The Kier molecular flexibility index (Phi) is 5.41. The van der Waals surface area contributed by atoms with Crippen LogP contribution < -0.4 is 0 Å². The second-order valence-electron chi connectivity index (χ2n) is 4.92. The molecule has 0 N–H and O–H groups in total. The second-order valence-corrected chi connectivity index (χ2v) is 4.92. The van der Waals surface area contributed by atoms with Crippen molar-refractivity contribution in [2.75, 3.05) is 13.7 Å². The molecule has 120 valence electrons. The van der Waals surface area contributed by atoms with Gasteiger partial charge in [-0.05, 0) is 30.3 Å². The molecule has 0 unspecified atom stereocenters. The molecule has 0 atom stereocenters. The summed E-state index contributed by atoms with van der Waals surface area (Å²) in [4.78, 5) is 24.9. The van der Waals surface area contributed by atoms with Crippen molar-refractivity contribution in [2.45, 2.75) is 6.54 Å². The van der Waals surface area contributed by atoms with Crippen molar-refractivity contribution >= 4 is 11.9 Å². The normalized spacial score (nSPS) is 10.2. The predicted molar refractivity (Wildman–Crippen MR) is 79.6 cm³/mol. The Morgan fingerprint density at radius 3 is 2.35 bits per heavy atom. The summed E-state index contributed by atoms with van der Waals surface area (Å²) in [7, 11) is 1.49. The van der Waals surface area contributed by atoms with E-state index in [0.717, 1.165) is 12.1 Å². The predicted octanol–water partition coefficient (Wildman–Crippen LogP) is 2.78.